The molecule has 0 saturated carbocycles. The van der Waals surface area contributed by atoms with Crippen LogP contribution in [0.1, 0.15) is 23.2 Å². The third kappa shape index (κ3) is 3.53. The molecule has 3 rings (SSSR count). The van der Waals surface area contributed by atoms with Crippen molar-refractivity contribution >= 4 is 29.1 Å². The van der Waals surface area contributed by atoms with Crippen LogP contribution in [0.15, 0.2) is 36.9 Å². The summed E-state index contributed by atoms with van der Waals surface area (Å²) in [5, 5.41) is 3.38. The minimum Gasteiger partial charge on any atom is -0.350 e. The van der Waals surface area contributed by atoms with Crippen LogP contribution in [0.4, 0.5) is 5.69 Å². The van der Waals surface area contributed by atoms with Gasteiger partial charge < -0.3 is 14.8 Å². The first kappa shape index (κ1) is 15.6. The Morgan fingerprint density at radius 3 is 2.96 bits per heavy atom. The van der Waals surface area contributed by atoms with E-state index < -0.39 is 0 Å². The highest BCUT2D eigenvalue weighted by Gasteiger charge is 2.26. The van der Waals surface area contributed by atoms with Gasteiger partial charge in [0.15, 0.2) is 0 Å². The number of hydrogen-bond donors (Lipinski definition) is 1. The van der Waals surface area contributed by atoms with Gasteiger partial charge in [-0.1, -0.05) is 11.6 Å². The Kier molecular flexibility index (Phi) is 4.62. The second-order valence-corrected chi connectivity index (χ2v) is 5.80. The summed E-state index contributed by atoms with van der Waals surface area (Å²) in [6.45, 7) is 1.73. The Bertz CT molecular complexity index is 715. The maximum absolute atomic E-state index is 12.5. The van der Waals surface area contributed by atoms with Crippen LogP contribution in [0.25, 0.3) is 0 Å². The summed E-state index contributed by atoms with van der Waals surface area (Å²) < 4.78 is 1.88. The van der Waals surface area contributed by atoms with Crippen molar-refractivity contribution in [3.8, 4) is 0 Å². The van der Waals surface area contributed by atoms with Crippen molar-refractivity contribution in [1.82, 2.24) is 14.9 Å². The number of nitrogens with zero attached hydrogens (tertiary/aromatic N) is 3. The molecule has 23 heavy (non-hydrogen) atoms. The minimum absolute atomic E-state index is 0.0275. The van der Waals surface area contributed by atoms with Gasteiger partial charge in [-0.15, -0.1) is 0 Å². The van der Waals surface area contributed by atoms with Crippen LogP contribution in [0.3, 0.4) is 0 Å². The summed E-state index contributed by atoms with van der Waals surface area (Å²) in [6, 6.07) is 5.00. The van der Waals surface area contributed by atoms with Crippen molar-refractivity contribution in [2.24, 2.45) is 0 Å². The van der Waals surface area contributed by atoms with Crippen molar-refractivity contribution in [2.75, 3.05) is 18.0 Å². The zero-order valence-electron chi connectivity index (χ0n) is 12.5. The molecule has 1 N–H and O–H groups in total. The quantitative estimate of drug-likeness (QED) is 0.911. The Morgan fingerprint density at radius 2 is 2.26 bits per heavy atom. The summed E-state index contributed by atoms with van der Waals surface area (Å²) in [5.41, 5.74) is 1.05. The van der Waals surface area contributed by atoms with Gasteiger partial charge in [-0.3, -0.25) is 9.59 Å². The zero-order chi connectivity index (χ0) is 16.2. The Balaban J connectivity index is 1.73. The fourth-order valence-corrected chi connectivity index (χ4v) is 2.80. The lowest BCUT2D eigenvalue weighted by atomic mass is 10.1. The summed E-state index contributed by atoms with van der Waals surface area (Å²) >= 11 is 6.04. The standard InChI is InChI=1S/C16H17ClN4O2/c17-12-3-4-13(14(10-12)21-7-1-2-15(21)22)16(23)19-6-9-20-8-5-18-11-20/h3-5,8,10-11H,1-2,6-7,9H2,(H,19,23). The highest BCUT2D eigenvalue weighted by Crippen LogP contribution is 2.28. The molecule has 7 heteroatoms. The van der Waals surface area contributed by atoms with Crippen molar-refractivity contribution in [1.29, 1.82) is 0 Å². The number of aromatic nitrogens is 2. The van der Waals surface area contributed by atoms with Gasteiger partial charge in [0.05, 0.1) is 17.6 Å². The third-order valence-corrected chi connectivity index (χ3v) is 4.02. The van der Waals surface area contributed by atoms with E-state index in [4.69, 9.17) is 11.6 Å². The zero-order valence-corrected chi connectivity index (χ0v) is 13.3. The summed E-state index contributed by atoms with van der Waals surface area (Å²) in [4.78, 5) is 30.0. The normalized spacial score (nSPS) is 14.3. The number of nitrogens with one attached hydrogen (secondary N) is 1. The van der Waals surface area contributed by atoms with Crippen LogP contribution >= 0.6 is 11.6 Å². The maximum atomic E-state index is 12.5. The average Bonchev–Trinajstić information content (AvgIpc) is 3.18. The lowest BCUT2D eigenvalue weighted by molar-refractivity contribution is -0.117. The largest absolute Gasteiger partial charge is 0.350 e. The lowest BCUT2D eigenvalue weighted by Gasteiger charge is -2.19. The Labute approximate surface area is 139 Å². The molecule has 1 aromatic carbocycles. The van der Waals surface area contributed by atoms with E-state index >= 15 is 0 Å². The van der Waals surface area contributed by atoms with E-state index in [2.05, 4.69) is 10.3 Å². The molecule has 0 unspecified atom stereocenters. The summed E-state index contributed by atoms with van der Waals surface area (Å²) in [7, 11) is 0. The first-order valence-corrected chi connectivity index (χ1v) is 7.87. The van der Waals surface area contributed by atoms with Crippen molar-refractivity contribution in [3.63, 3.8) is 0 Å². The SMILES string of the molecule is O=C(NCCn1ccnc1)c1ccc(Cl)cc1N1CCCC1=O. The summed E-state index contributed by atoms with van der Waals surface area (Å²) in [5.74, 6) is -0.184. The molecule has 1 aliphatic heterocycles. The number of carbonyl (C=O) groups is 2. The van der Waals surface area contributed by atoms with Gasteiger partial charge in [0, 0.05) is 43.5 Å². The number of imidazole rings is 1. The fraction of sp³-hybridized carbons (Fsp3) is 0.312. The molecule has 120 valence electrons. The van der Waals surface area contributed by atoms with E-state index in [-0.39, 0.29) is 11.8 Å². The molecule has 0 spiro atoms. The number of benzene rings is 1. The van der Waals surface area contributed by atoms with Gasteiger partial charge in [0.2, 0.25) is 5.91 Å². The Hall–Kier alpha value is -2.34. The highest BCUT2D eigenvalue weighted by atomic mass is 35.5. The number of hydrogen-bond acceptors (Lipinski definition) is 3. The third-order valence-electron chi connectivity index (χ3n) is 3.78. The van der Waals surface area contributed by atoms with Crippen LogP contribution in [-0.4, -0.2) is 34.5 Å². The second-order valence-electron chi connectivity index (χ2n) is 5.37. The second kappa shape index (κ2) is 6.83. The molecular weight excluding hydrogens is 316 g/mol. The van der Waals surface area contributed by atoms with Gasteiger partial charge in [-0.2, -0.15) is 0 Å². The Morgan fingerprint density at radius 1 is 1.39 bits per heavy atom. The monoisotopic (exact) mass is 332 g/mol. The van der Waals surface area contributed by atoms with E-state index in [1.165, 1.54) is 0 Å². The number of rotatable bonds is 5. The first-order valence-electron chi connectivity index (χ1n) is 7.49. The predicted molar refractivity (Wildman–Crippen MR) is 87.6 cm³/mol. The highest BCUT2D eigenvalue weighted by molar-refractivity contribution is 6.31. The molecule has 0 bridgehead atoms. The summed E-state index contributed by atoms with van der Waals surface area (Å²) in [6.07, 6.45) is 6.53. The van der Waals surface area contributed by atoms with Gasteiger partial charge in [0.25, 0.3) is 5.91 Å². The number of carbonyl (C=O) groups excluding carboxylic acids is 2. The molecule has 0 aliphatic carbocycles. The molecule has 1 aromatic heterocycles. The van der Waals surface area contributed by atoms with Crippen molar-refractivity contribution in [2.45, 2.75) is 19.4 Å². The van der Waals surface area contributed by atoms with Crippen LogP contribution in [0.5, 0.6) is 0 Å². The van der Waals surface area contributed by atoms with E-state index in [1.54, 1.807) is 35.6 Å². The number of halogens is 1. The topological polar surface area (TPSA) is 67.2 Å². The molecule has 6 nitrogen and oxygen atoms in total. The first-order chi connectivity index (χ1) is 11.1. The van der Waals surface area contributed by atoms with Gasteiger partial charge >= 0.3 is 0 Å². The van der Waals surface area contributed by atoms with E-state index in [0.717, 1.165) is 6.42 Å². The van der Waals surface area contributed by atoms with Crippen LogP contribution in [-0.2, 0) is 11.3 Å². The smallest absolute Gasteiger partial charge is 0.253 e. The fourth-order valence-electron chi connectivity index (χ4n) is 2.64. The molecule has 1 saturated heterocycles. The van der Waals surface area contributed by atoms with Gasteiger partial charge in [0.1, 0.15) is 0 Å². The maximum Gasteiger partial charge on any atom is 0.253 e. The molecule has 2 heterocycles. The van der Waals surface area contributed by atoms with E-state index in [9.17, 15) is 9.59 Å². The molecular formula is C16H17ClN4O2. The van der Waals surface area contributed by atoms with Crippen LogP contribution in [0.2, 0.25) is 5.02 Å². The average molecular weight is 333 g/mol. The molecule has 0 radical (unpaired) electrons. The number of amides is 2. The van der Waals surface area contributed by atoms with E-state index in [1.807, 2.05) is 10.8 Å². The van der Waals surface area contributed by atoms with Crippen molar-refractivity contribution < 1.29 is 9.59 Å². The molecule has 2 amide bonds. The number of anilines is 1. The van der Waals surface area contributed by atoms with Crippen molar-refractivity contribution in [3.05, 3.63) is 47.5 Å². The molecule has 0 atom stereocenters. The molecule has 1 aliphatic rings. The van der Waals surface area contributed by atoms with Gasteiger partial charge in [-0.05, 0) is 24.6 Å². The van der Waals surface area contributed by atoms with E-state index in [0.29, 0.717) is 42.3 Å². The van der Waals surface area contributed by atoms with Gasteiger partial charge in [-0.25, -0.2) is 4.98 Å². The molecule has 2 aromatic rings. The molecule has 1 fully saturated rings. The van der Waals surface area contributed by atoms with Crippen LogP contribution in [0, 0.1) is 0 Å². The lowest BCUT2D eigenvalue weighted by Crippen LogP contribution is -2.31. The minimum atomic E-state index is -0.212. The van der Waals surface area contributed by atoms with Crippen LogP contribution < -0.4 is 10.2 Å². The predicted octanol–water partition coefficient (Wildman–Crippen LogP) is 2.09.